The van der Waals surface area contributed by atoms with Crippen molar-refractivity contribution in [2.45, 2.75) is 13.8 Å². The smallest absolute Gasteiger partial charge is 0.327 e. The molecule has 0 atom stereocenters. The summed E-state index contributed by atoms with van der Waals surface area (Å²) in [6.45, 7) is 11.0. The van der Waals surface area contributed by atoms with Gasteiger partial charge in [0.2, 0.25) is 0 Å². The zero-order valence-electron chi connectivity index (χ0n) is 9.32. The van der Waals surface area contributed by atoms with Crippen molar-refractivity contribution in [1.82, 2.24) is 4.90 Å². The SMILES string of the molecule is C=CC(=O)O.CC.CN1CCOCC1. The predicted octanol–water partition coefficient (Wildman–Crippen LogP) is 1.23. The van der Waals surface area contributed by atoms with Crippen LogP contribution in [-0.4, -0.2) is 49.3 Å². The molecule has 0 radical (unpaired) electrons. The first-order valence-corrected chi connectivity index (χ1v) is 4.78. The second-order valence-electron chi connectivity index (χ2n) is 2.46. The first-order chi connectivity index (χ1) is 6.66. The van der Waals surface area contributed by atoms with Crippen LogP contribution in [0.3, 0.4) is 0 Å². The van der Waals surface area contributed by atoms with Crippen LogP contribution in [0.4, 0.5) is 0 Å². The molecule has 4 heteroatoms. The van der Waals surface area contributed by atoms with E-state index >= 15 is 0 Å². The van der Waals surface area contributed by atoms with Gasteiger partial charge >= 0.3 is 5.97 Å². The van der Waals surface area contributed by atoms with Gasteiger partial charge in [0.1, 0.15) is 0 Å². The monoisotopic (exact) mass is 203 g/mol. The van der Waals surface area contributed by atoms with Crippen LogP contribution >= 0.6 is 0 Å². The van der Waals surface area contributed by atoms with Crippen LogP contribution in [0.25, 0.3) is 0 Å². The highest BCUT2D eigenvalue weighted by molar-refractivity contribution is 5.78. The lowest BCUT2D eigenvalue weighted by Gasteiger charge is -2.21. The molecule has 0 aliphatic carbocycles. The lowest BCUT2D eigenvalue weighted by molar-refractivity contribution is -0.131. The maximum atomic E-state index is 9.25. The maximum absolute atomic E-state index is 9.25. The molecule has 0 spiro atoms. The summed E-state index contributed by atoms with van der Waals surface area (Å²) in [5.74, 6) is -0.981. The fourth-order valence-corrected chi connectivity index (χ4v) is 0.655. The van der Waals surface area contributed by atoms with Crippen molar-refractivity contribution in [1.29, 1.82) is 0 Å². The van der Waals surface area contributed by atoms with E-state index < -0.39 is 5.97 Å². The van der Waals surface area contributed by atoms with Gasteiger partial charge in [-0.3, -0.25) is 0 Å². The Balaban J connectivity index is 0. The molecule has 14 heavy (non-hydrogen) atoms. The summed E-state index contributed by atoms with van der Waals surface area (Å²) in [5.41, 5.74) is 0. The van der Waals surface area contributed by atoms with Crippen molar-refractivity contribution >= 4 is 5.97 Å². The van der Waals surface area contributed by atoms with E-state index in [1.807, 2.05) is 13.8 Å². The molecule has 1 N–H and O–H groups in total. The molecule has 1 heterocycles. The molecule has 1 aliphatic heterocycles. The Morgan fingerprint density at radius 3 is 1.93 bits per heavy atom. The summed E-state index contributed by atoms with van der Waals surface area (Å²) in [6.07, 6.45) is 0.833. The zero-order valence-corrected chi connectivity index (χ0v) is 9.32. The van der Waals surface area contributed by atoms with Crippen molar-refractivity contribution in [3.8, 4) is 0 Å². The second-order valence-corrected chi connectivity index (χ2v) is 2.46. The van der Waals surface area contributed by atoms with Gasteiger partial charge in [0.25, 0.3) is 0 Å². The number of rotatable bonds is 1. The van der Waals surface area contributed by atoms with Gasteiger partial charge in [-0.1, -0.05) is 20.4 Å². The second kappa shape index (κ2) is 12.1. The van der Waals surface area contributed by atoms with Crippen molar-refractivity contribution < 1.29 is 14.6 Å². The molecular formula is C10H21NO3. The summed E-state index contributed by atoms with van der Waals surface area (Å²) in [5, 5.41) is 7.60. The molecule has 0 aromatic carbocycles. The van der Waals surface area contributed by atoms with Gasteiger partial charge < -0.3 is 14.7 Å². The molecule has 0 unspecified atom stereocenters. The van der Waals surface area contributed by atoms with E-state index in [0.717, 1.165) is 32.4 Å². The average Bonchev–Trinajstić information content (AvgIpc) is 2.23. The highest BCUT2D eigenvalue weighted by atomic mass is 16.5. The van der Waals surface area contributed by atoms with Gasteiger partial charge in [-0.05, 0) is 7.05 Å². The minimum absolute atomic E-state index is 0.833. The molecule has 0 saturated carbocycles. The first kappa shape index (κ1) is 15.6. The molecule has 0 aromatic heterocycles. The molecule has 0 amide bonds. The van der Waals surface area contributed by atoms with Crippen LogP contribution in [0.5, 0.6) is 0 Å². The Bertz CT molecular complexity index is 142. The molecule has 1 rings (SSSR count). The molecule has 1 fully saturated rings. The van der Waals surface area contributed by atoms with Crippen LogP contribution < -0.4 is 0 Å². The van der Waals surface area contributed by atoms with E-state index in [4.69, 9.17) is 9.84 Å². The van der Waals surface area contributed by atoms with E-state index in [-0.39, 0.29) is 0 Å². The number of aliphatic carboxylic acids is 1. The predicted molar refractivity (Wildman–Crippen MR) is 57.5 cm³/mol. The minimum atomic E-state index is -0.981. The zero-order chi connectivity index (χ0) is 11.4. The summed E-state index contributed by atoms with van der Waals surface area (Å²) in [4.78, 5) is 11.5. The highest BCUT2D eigenvalue weighted by Crippen LogP contribution is 1.89. The molecule has 0 aromatic rings. The number of hydrogen-bond acceptors (Lipinski definition) is 3. The topological polar surface area (TPSA) is 49.8 Å². The number of carboxylic acid groups (broad SMARTS) is 1. The van der Waals surface area contributed by atoms with Crippen LogP contribution in [0, 0.1) is 0 Å². The number of nitrogens with zero attached hydrogens (tertiary/aromatic N) is 1. The molecule has 1 aliphatic rings. The number of carbonyl (C=O) groups is 1. The van der Waals surface area contributed by atoms with Crippen LogP contribution in [0.2, 0.25) is 0 Å². The third kappa shape index (κ3) is 13.7. The number of likely N-dealkylation sites (N-methyl/N-ethyl adjacent to an activating group) is 1. The minimum Gasteiger partial charge on any atom is -0.478 e. The Morgan fingerprint density at radius 1 is 1.43 bits per heavy atom. The van der Waals surface area contributed by atoms with Crippen molar-refractivity contribution in [2.75, 3.05) is 33.4 Å². The average molecular weight is 203 g/mol. The van der Waals surface area contributed by atoms with Gasteiger partial charge in [0.05, 0.1) is 13.2 Å². The summed E-state index contributed by atoms with van der Waals surface area (Å²) >= 11 is 0. The van der Waals surface area contributed by atoms with Crippen LogP contribution in [-0.2, 0) is 9.53 Å². The van der Waals surface area contributed by atoms with Gasteiger partial charge in [0.15, 0.2) is 0 Å². The lowest BCUT2D eigenvalue weighted by Crippen LogP contribution is -2.32. The van der Waals surface area contributed by atoms with E-state index in [1.165, 1.54) is 0 Å². The Kier molecular flexibility index (Phi) is 13.5. The van der Waals surface area contributed by atoms with E-state index in [2.05, 4.69) is 18.5 Å². The fraction of sp³-hybridized carbons (Fsp3) is 0.700. The molecule has 1 saturated heterocycles. The Hall–Kier alpha value is -0.870. The summed E-state index contributed by atoms with van der Waals surface area (Å²) in [6, 6.07) is 0. The molecule has 4 nitrogen and oxygen atoms in total. The third-order valence-corrected chi connectivity index (χ3v) is 1.41. The first-order valence-electron chi connectivity index (χ1n) is 4.78. The van der Waals surface area contributed by atoms with Gasteiger partial charge in [-0.25, -0.2) is 4.79 Å². The van der Waals surface area contributed by atoms with Crippen LogP contribution in [0.1, 0.15) is 13.8 Å². The summed E-state index contributed by atoms with van der Waals surface area (Å²) in [7, 11) is 2.11. The number of ether oxygens (including phenoxy) is 1. The number of carboxylic acids is 1. The van der Waals surface area contributed by atoms with E-state index in [1.54, 1.807) is 0 Å². The van der Waals surface area contributed by atoms with Gasteiger partial charge in [-0.15, -0.1) is 0 Å². The Labute approximate surface area is 86.2 Å². The Morgan fingerprint density at radius 2 is 1.79 bits per heavy atom. The molecule has 84 valence electrons. The van der Waals surface area contributed by atoms with Crippen molar-refractivity contribution in [3.05, 3.63) is 12.7 Å². The normalized spacial score (nSPS) is 15.4. The standard InChI is InChI=1S/C5H11NO.C3H4O2.C2H6/c1-6-2-4-7-5-3-6;1-2-3(4)5;1-2/h2-5H2,1H3;2H,1H2,(H,4,5);1-2H3. The fourth-order valence-electron chi connectivity index (χ4n) is 0.655. The maximum Gasteiger partial charge on any atom is 0.327 e. The van der Waals surface area contributed by atoms with Crippen LogP contribution in [0.15, 0.2) is 12.7 Å². The van der Waals surface area contributed by atoms with E-state index in [9.17, 15) is 4.79 Å². The summed E-state index contributed by atoms with van der Waals surface area (Å²) < 4.78 is 5.10. The quantitative estimate of drug-likeness (QED) is 0.651. The van der Waals surface area contributed by atoms with E-state index in [0.29, 0.717) is 0 Å². The number of morpholine rings is 1. The largest absolute Gasteiger partial charge is 0.478 e. The molecular weight excluding hydrogens is 182 g/mol. The third-order valence-electron chi connectivity index (χ3n) is 1.41. The molecule has 0 bridgehead atoms. The van der Waals surface area contributed by atoms with Crippen molar-refractivity contribution in [2.24, 2.45) is 0 Å². The van der Waals surface area contributed by atoms with Crippen molar-refractivity contribution in [3.63, 3.8) is 0 Å². The van der Waals surface area contributed by atoms with Gasteiger partial charge in [-0.2, -0.15) is 0 Å². The highest BCUT2D eigenvalue weighted by Gasteiger charge is 2.02. The van der Waals surface area contributed by atoms with Gasteiger partial charge in [0, 0.05) is 19.2 Å². The lowest BCUT2D eigenvalue weighted by atomic mass is 10.5. The number of hydrogen-bond donors (Lipinski definition) is 1.